The van der Waals surface area contributed by atoms with E-state index in [0.717, 1.165) is 29.0 Å². The Morgan fingerprint density at radius 1 is 0.926 bits per heavy atom. The monoisotopic (exact) mass is 376 g/mol. The molecule has 27 heavy (non-hydrogen) atoms. The number of hydrogen-bond acceptors (Lipinski definition) is 2. The van der Waals surface area contributed by atoms with Crippen LogP contribution < -0.4 is 15.4 Å². The van der Waals surface area contributed by atoms with E-state index < -0.39 is 0 Å². The Morgan fingerprint density at radius 2 is 1.63 bits per heavy atom. The highest BCUT2D eigenvalue weighted by Crippen LogP contribution is 2.24. The van der Waals surface area contributed by atoms with Crippen molar-refractivity contribution in [3.63, 3.8) is 0 Å². The molecule has 0 saturated carbocycles. The number of hydrogen-bond donors (Lipinski definition) is 2. The van der Waals surface area contributed by atoms with Gasteiger partial charge in [0.05, 0.1) is 13.2 Å². The third kappa shape index (κ3) is 5.08. The summed E-state index contributed by atoms with van der Waals surface area (Å²) in [6.45, 7) is 2.14. The van der Waals surface area contributed by atoms with Crippen LogP contribution in [0.1, 0.15) is 29.7 Å². The van der Waals surface area contributed by atoms with Crippen LogP contribution in [0.5, 0.6) is 5.75 Å². The van der Waals surface area contributed by atoms with Gasteiger partial charge in [0.15, 0.2) is 5.11 Å². The molecular weight excluding hydrogens is 352 g/mol. The van der Waals surface area contributed by atoms with E-state index in [-0.39, 0.29) is 6.04 Å². The van der Waals surface area contributed by atoms with Gasteiger partial charge in [-0.1, -0.05) is 61.5 Å². The minimum absolute atomic E-state index is 0.0496. The van der Waals surface area contributed by atoms with Gasteiger partial charge in [-0.05, 0) is 59.6 Å². The van der Waals surface area contributed by atoms with Crippen LogP contribution >= 0.6 is 12.2 Å². The van der Waals surface area contributed by atoms with Crippen molar-refractivity contribution in [1.82, 2.24) is 5.32 Å². The summed E-state index contributed by atoms with van der Waals surface area (Å²) in [5.74, 6) is 0.836. The first-order chi connectivity index (χ1) is 13.2. The standard InChI is InChI=1S/C23H24N2OS/c1-3-17-8-7-11-20(16-17)24-23(27)25-22(18-9-5-4-6-10-18)19-12-14-21(26-2)15-13-19/h4-16,22H,3H2,1-2H3,(H2,24,25,27)/t22-/m1/s1. The van der Waals surface area contributed by atoms with Gasteiger partial charge in [-0.3, -0.25) is 0 Å². The Bertz CT molecular complexity index is 878. The summed E-state index contributed by atoms with van der Waals surface area (Å²) in [6, 6.07) is 26.6. The molecule has 0 bridgehead atoms. The Hall–Kier alpha value is -2.85. The second-order valence-electron chi connectivity index (χ2n) is 6.27. The van der Waals surface area contributed by atoms with Crippen LogP contribution in [-0.2, 0) is 6.42 Å². The highest BCUT2D eigenvalue weighted by Gasteiger charge is 2.15. The van der Waals surface area contributed by atoms with Crippen molar-refractivity contribution >= 4 is 23.0 Å². The predicted octanol–water partition coefficient (Wildman–Crippen LogP) is 5.33. The molecule has 0 unspecified atom stereocenters. The highest BCUT2D eigenvalue weighted by molar-refractivity contribution is 7.80. The second-order valence-corrected chi connectivity index (χ2v) is 6.68. The molecule has 3 aromatic carbocycles. The van der Waals surface area contributed by atoms with Crippen molar-refractivity contribution in [3.05, 3.63) is 95.6 Å². The van der Waals surface area contributed by atoms with E-state index in [1.807, 2.05) is 42.5 Å². The molecule has 3 rings (SSSR count). The molecule has 0 saturated heterocycles. The van der Waals surface area contributed by atoms with Crippen LogP contribution in [0.2, 0.25) is 0 Å². The zero-order valence-electron chi connectivity index (χ0n) is 15.6. The molecule has 138 valence electrons. The molecule has 0 radical (unpaired) electrons. The molecular formula is C23H24N2OS. The number of rotatable bonds is 6. The molecule has 3 aromatic rings. The molecule has 0 aliphatic heterocycles. The van der Waals surface area contributed by atoms with Gasteiger partial charge in [0.2, 0.25) is 0 Å². The minimum Gasteiger partial charge on any atom is -0.497 e. The molecule has 0 heterocycles. The number of nitrogens with one attached hydrogen (secondary N) is 2. The first-order valence-electron chi connectivity index (χ1n) is 9.05. The topological polar surface area (TPSA) is 33.3 Å². The number of anilines is 1. The lowest BCUT2D eigenvalue weighted by Crippen LogP contribution is -2.33. The van der Waals surface area contributed by atoms with Gasteiger partial charge in [-0.15, -0.1) is 0 Å². The molecule has 0 aliphatic rings. The van der Waals surface area contributed by atoms with Crippen LogP contribution in [0.25, 0.3) is 0 Å². The maximum Gasteiger partial charge on any atom is 0.171 e. The summed E-state index contributed by atoms with van der Waals surface area (Å²) in [7, 11) is 1.67. The Labute approximate surface area is 166 Å². The highest BCUT2D eigenvalue weighted by atomic mass is 32.1. The smallest absolute Gasteiger partial charge is 0.171 e. The number of ether oxygens (including phenoxy) is 1. The normalized spacial score (nSPS) is 11.5. The molecule has 0 spiro atoms. The maximum absolute atomic E-state index is 5.59. The summed E-state index contributed by atoms with van der Waals surface area (Å²) in [6.07, 6.45) is 0.994. The molecule has 4 heteroatoms. The molecule has 1 atom stereocenters. The SMILES string of the molecule is CCc1cccc(NC(=S)N[C@H](c2ccccc2)c2ccc(OC)cc2)c1. The third-order valence-electron chi connectivity index (χ3n) is 4.45. The van der Waals surface area contributed by atoms with E-state index >= 15 is 0 Å². The number of aryl methyl sites for hydroxylation is 1. The zero-order valence-corrected chi connectivity index (χ0v) is 16.4. The lowest BCUT2D eigenvalue weighted by molar-refractivity contribution is 0.414. The number of thiocarbonyl (C=S) groups is 1. The first kappa shape index (κ1) is 18.9. The first-order valence-corrected chi connectivity index (χ1v) is 9.45. The van der Waals surface area contributed by atoms with E-state index in [0.29, 0.717) is 5.11 Å². The summed E-state index contributed by atoms with van der Waals surface area (Å²) in [5, 5.41) is 7.35. The Balaban J connectivity index is 1.81. The second kappa shape index (κ2) is 9.19. The fourth-order valence-electron chi connectivity index (χ4n) is 2.97. The van der Waals surface area contributed by atoms with Gasteiger partial charge in [-0.25, -0.2) is 0 Å². The van der Waals surface area contributed by atoms with E-state index in [9.17, 15) is 0 Å². The summed E-state index contributed by atoms with van der Waals surface area (Å²) >= 11 is 5.59. The van der Waals surface area contributed by atoms with Crippen molar-refractivity contribution in [3.8, 4) is 5.75 Å². The number of benzene rings is 3. The van der Waals surface area contributed by atoms with E-state index in [1.54, 1.807) is 7.11 Å². The van der Waals surface area contributed by atoms with Gasteiger partial charge < -0.3 is 15.4 Å². The van der Waals surface area contributed by atoms with Crippen LogP contribution in [-0.4, -0.2) is 12.2 Å². The minimum atomic E-state index is -0.0496. The molecule has 2 N–H and O–H groups in total. The summed E-state index contributed by atoms with van der Waals surface area (Å²) in [4.78, 5) is 0. The van der Waals surface area contributed by atoms with Crippen LogP contribution in [0, 0.1) is 0 Å². The fourth-order valence-corrected chi connectivity index (χ4v) is 3.20. The Kier molecular flexibility index (Phi) is 6.44. The van der Waals surface area contributed by atoms with Gasteiger partial charge in [0.25, 0.3) is 0 Å². The van der Waals surface area contributed by atoms with Gasteiger partial charge in [0.1, 0.15) is 5.75 Å². The van der Waals surface area contributed by atoms with E-state index in [2.05, 4.69) is 54.0 Å². The van der Waals surface area contributed by atoms with Crippen LogP contribution in [0.3, 0.4) is 0 Å². The zero-order chi connectivity index (χ0) is 19.1. The predicted molar refractivity (Wildman–Crippen MR) is 116 cm³/mol. The van der Waals surface area contributed by atoms with Crippen molar-refractivity contribution in [1.29, 1.82) is 0 Å². The summed E-state index contributed by atoms with van der Waals surface area (Å²) < 4.78 is 5.28. The quantitative estimate of drug-likeness (QED) is 0.570. The Morgan fingerprint density at radius 3 is 2.30 bits per heavy atom. The maximum atomic E-state index is 5.59. The van der Waals surface area contributed by atoms with Crippen molar-refractivity contribution in [2.24, 2.45) is 0 Å². The van der Waals surface area contributed by atoms with Crippen LogP contribution in [0.15, 0.2) is 78.9 Å². The molecule has 0 amide bonds. The third-order valence-corrected chi connectivity index (χ3v) is 4.67. The van der Waals surface area contributed by atoms with Crippen LogP contribution in [0.4, 0.5) is 5.69 Å². The lowest BCUT2D eigenvalue weighted by Gasteiger charge is -2.22. The molecule has 0 aliphatic carbocycles. The van der Waals surface area contributed by atoms with Crippen molar-refractivity contribution in [2.45, 2.75) is 19.4 Å². The molecule has 0 fully saturated rings. The van der Waals surface area contributed by atoms with E-state index in [4.69, 9.17) is 17.0 Å². The van der Waals surface area contributed by atoms with Gasteiger partial charge in [-0.2, -0.15) is 0 Å². The lowest BCUT2D eigenvalue weighted by atomic mass is 9.99. The fraction of sp³-hybridized carbons (Fsp3) is 0.174. The molecule has 3 nitrogen and oxygen atoms in total. The summed E-state index contributed by atoms with van der Waals surface area (Å²) in [5.41, 5.74) is 4.54. The van der Waals surface area contributed by atoms with Gasteiger partial charge >= 0.3 is 0 Å². The average Bonchev–Trinajstić information content (AvgIpc) is 2.73. The molecule has 0 aromatic heterocycles. The van der Waals surface area contributed by atoms with Gasteiger partial charge in [0, 0.05) is 5.69 Å². The van der Waals surface area contributed by atoms with E-state index in [1.165, 1.54) is 5.56 Å². The number of methoxy groups -OCH3 is 1. The van der Waals surface area contributed by atoms with Crippen molar-refractivity contribution in [2.75, 3.05) is 12.4 Å². The largest absolute Gasteiger partial charge is 0.497 e. The van der Waals surface area contributed by atoms with Crippen molar-refractivity contribution < 1.29 is 4.74 Å². The average molecular weight is 377 g/mol.